The van der Waals surface area contributed by atoms with E-state index < -0.39 is 0 Å². The summed E-state index contributed by atoms with van der Waals surface area (Å²) < 4.78 is 5.17. The van der Waals surface area contributed by atoms with Crippen LogP contribution in [-0.4, -0.2) is 14.2 Å². The number of hydrogen-bond donors (Lipinski definition) is 0. The first-order valence-corrected chi connectivity index (χ1v) is 7.05. The fourth-order valence-electron chi connectivity index (χ4n) is 2.29. The van der Waals surface area contributed by atoms with Crippen molar-refractivity contribution >= 4 is 5.69 Å². The Morgan fingerprint density at radius 3 is 2.33 bits per heavy atom. The molecule has 3 nitrogen and oxygen atoms in total. The van der Waals surface area contributed by atoms with Crippen molar-refractivity contribution in [3.8, 4) is 11.8 Å². The second-order valence-corrected chi connectivity index (χ2v) is 5.02. The third-order valence-electron chi connectivity index (χ3n) is 3.59. The highest BCUT2D eigenvalue weighted by atomic mass is 16.5. The van der Waals surface area contributed by atoms with Crippen LogP contribution >= 0.6 is 0 Å². The molecule has 0 amide bonds. The first kappa shape index (κ1) is 14.9. The van der Waals surface area contributed by atoms with Crippen LogP contribution in [-0.2, 0) is 13.0 Å². The van der Waals surface area contributed by atoms with Crippen molar-refractivity contribution in [2.24, 2.45) is 0 Å². The predicted octanol–water partition coefficient (Wildman–Crippen LogP) is 3.77. The van der Waals surface area contributed by atoms with Crippen molar-refractivity contribution in [2.45, 2.75) is 19.9 Å². The van der Waals surface area contributed by atoms with Gasteiger partial charge in [-0.15, -0.1) is 0 Å². The van der Waals surface area contributed by atoms with E-state index in [9.17, 15) is 0 Å². The maximum absolute atomic E-state index is 9.14. The molecule has 0 saturated carbocycles. The summed E-state index contributed by atoms with van der Waals surface area (Å²) in [5.41, 5.74) is 4.17. The van der Waals surface area contributed by atoms with Crippen molar-refractivity contribution in [1.82, 2.24) is 0 Å². The van der Waals surface area contributed by atoms with E-state index in [1.165, 1.54) is 11.3 Å². The molecule has 0 aliphatic rings. The van der Waals surface area contributed by atoms with Gasteiger partial charge in [0, 0.05) is 19.3 Å². The van der Waals surface area contributed by atoms with Gasteiger partial charge in [0.25, 0.3) is 0 Å². The zero-order valence-electron chi connectivity index (χ0n) is 12.8. The Morgan fingerprint density at radius 1 is 1.10 bits per heavy atom. The van der Waals surface area contributed by atoms with Crippen LogP contribution in [0.25, 0.3) is 0 Å². The lowest BCUT2D eigenvalue weighted by atomic mass is 10.1. The van der Waals surface area contributed by atoms with E-state index in [-0.39, 0.29) is 0 Å². The van der Waals surface area contributed by atoms with E-state index >= 15 is 0 Å². The monoisotopic (exact) mass is 280 g/mol. The number of aryl methyl sites for hydroxylation is 1. The summed E-state index contributed by atoms with van der Waals surface area (Å²) in [4.78, 5) is 2.17. The molecule has 0 fully saturated rings. The molecule has 2 aromatic carbocycles. The van der Waals surface area contributed by atoms with E-state index in [0.29, 0.717) is 11.3 Å². The summed E-state index contributed by atoms with van der Waals surface area (Å²) in [6.45, 7) is 2.91. The number of benzene rings is 2. The average molecular weight is 280 g/mol. The molecular weight excluding hydrogens is 260 g/mol. The van der Waals surface area contributed by atoms with Crippen LogP contribution in [0.1, 0.15) is 23.6 Å². The van der Waals surface area contributed by atoms with Crippen LogP contribution in [0.15, 0.2) is 42.5 Å². The molecule has 2 rings (SSSR count). The van der Waals surface area contributed by atoms with Gasteiger partial charge in [0.05, 0.1) is 12.7 Å². The Kier molecular flexibility index (Phi) is 4.84. The molecule has 0 heterocycles. The van der Waals surface area contributed by atoms with E-state index in [4.69, 9.17) is 10.00 Å². The van der Waals surface area contributed by atoms with Crippen LogP contribution in [0, 0.1) is 11.3 Å². The minimum absolute atomic E-state index is 0.574. The smallest absolute Gasteiger partial charge is 0.136 e. The van der Waals surface area contributed by atoms with Crippen LogP contribution in [0.5, 0.6) is 5.75 Å². The van der Waals surface area contributed by atoms with Gasteiger partial charge in [-0.2, -0.15) is 5.26 Å². The molecule has 21 heavy (non-hydrogen) atoms. The fourth-order valence-corrected chi connectivity index (χ4v) is 2.29. The van der Waals surface area contributed by atoms with Crippen LogP contribution in [0.2, 0.25) is 0 Å². The zero-order valence-corrected chi connectivity index (χ0v) is 12.8. The van der Waals surface area contributed by atoms with Crippen LogP contribution in [0.3, 0.4) is 0 Å². The lowest BCUT2D eigenvalue weighted by Gasteiger charge is -2.20. The standard InChI is InChI=1S/C18H20N2O/c1-4-14-5-8-17(9-6-14)20(2)13-15-7-10-18(21-3)16(11-15)12-19/h5-11H,4,13H2,1-3H3. The van der Waals surface area contributed by atoms with Gasteiger partial charge in [0.2, 0.25) is 0 Å². The second kappa shape index (κ2) is 6.81. The molecule has 0 N–H and O–H groups in total. The van der Waals surface area contributed by atoms with Gasteiger partial charge in [-0.05, 0) is 41.8 Å². The highest BCUT2D eigenvalue weighted by Crippen LogP contribution is 2.21. The van der Waals surface area contributed by atoms with Gasteiger partial charge >= 0.3 is 0 Å². The molecule has 0 bridgehead atoms. The van der Waals surface area contributed by atoms with Crippen molar-refractivity contribution in [3.05, 3.63) is 59.2 Å². The summed E-state index contributed by atoms with van der Waals surface area (Å²) in [6.07, 6.45) is 1.05. The summed E-state index contributed by atoms with van der Waals surface area (Å²) in [5.74, 6) is 0.621. The maximum atomic E-state index is 9.14. The number of hydrogen-bond acceptors (Lipinski definition) is 3. The minimum atomic E-state index is 0.574. The zero-order chi connectivity index (χ0) is 15.2. The van der Waals surface area contributed by atoms with Gasteiger partial charge < -0.3 is 9.64 Å². The normalized spacial score (nSPS) is 10.0. The van der Waals surface area contributed by atoms with Gasteiger partial charge in [0.1, 0.15) is 11.8 Å². The molecule has 0 aromatic heterocycles. The number of methoxy groups -OCH3 is 1. The number of ether oxygens (including phenoxy) is 1. The van der Waals surface area contributed by atoms with Crippen molar-refractivity contribution < 1.29 is 4.74 Å². The molecular formula is C18H20N2O. The van der Waals surface area contributed by atoms with E-state index in [1.54, 1.807) is 7.11 Å². The molecule has 0 unspecified atom stereocenters. The summed E-state index contributed by atoms with van der Waals surface area (Å²) >= 11 is 0. The Bertz CT molecular complexity index is 641. The third kappa shape index (κ3) is 3.55. The molecule has 2 aromatic rings. The lowest BCUT2D eigenvalue weighted by Crippen LogP contribution is -2.16. The maximum Gasteiger partial charge on any atom is 0.136 e. The largest absolute Gasteiger partial charge is 0.495 e. The van der Waals surface area contributed by atoms with Crippen molar-refractivity contribution in [3.63, 3.8) is 0 Å². The van der Waals surface area contributed by atoms with Crippen LogP contribution < -0.4 is 9.64 Å². The molecule has 3 heteroatoms. The van der Waals surface area contributed by atoms with E-state index in [2.05, 4.69) is 49.2 Å². The third-order valence-corrected chi connectivity index (χ3v) is 3.59. The predicted molar refractivity (Wildman–Crippen MR) is 85.6 cm³/mol. The first-order valence-electron chi connectivity index (χ1n) is 7.05. The molecule has 0 aliphatic carbocycles. The first-order chi connectivity index (χ1) is 10.2. The van der Waals surface area contributed by atoms with Gasteiger partial charge in [-0.1, -0.05) is 25.1 Å². The molecule has 0 saturated heterocycles. The van der Waals surface area contributed by atoms with E-state index in [0.717, 1.165) is 18.5 Å². The topological polar surface area (TPSA) is 36.3 Å². The molecule has 0 radical (unpaired) electrons. The summed E-state index contributed by atoms with van der Waals surface area (Å²) in [5, 5.41) is 9.14. The molecule has 108 valence electrons. The second-order valence-electron chi connectivity index (χ2n) is 5.02. The van der Waals surface area contributed by atoms with Gasteiger partial charge in [0.15, 0.2) is 0 Å². The number of nitrogens with zero attached hydrogens (tertiary/aromatic N) is 2. The van der Waals surface area contributed by atoms with Gasteiger partial charge in [-0.25, -0.2) is 0 Å². The summed E-state index contributed by atoms with van der Waals surface area (Å²) in [7, 11) is 3.63. The van der Waals surface area contributed by atoms with Crippen molar-refractivity contribution in [2.75, 3.05) is 19.1 Å². The Hall–Kier alpha value is -2.47. The highest BCUT2D eigenvalue weighted by Gasteiger charge is 2.06. The Balaban J connectivity index is 2.15. The average Bonchev–Trinajstić information content (AvgIpc) is 2.54. The minimum Gasteiger partial charge on any atom is -0.495 e. The molecule has 0 aliphatic heterocycles. The number of nitriles is 1. The lowest BCUT2D eigenvalue weighted by molar-refractivity contribution is 0.413. The highest BCUT2D eigenvalue weighted by molar-refractivity contribution is 5.50. The quantitative estimate of drug-likeness (QED) is 0.836. The fraction of sp³-hybridized carbons (Fsp3) is 0.278. The Morgan fingerprint density at radius 2 is 1.76 bits per heavy atom. The van der Waals surface area contributed by atoms with Crippen LogP contribution in [0.4, 0.5) is 5.69 Å². The molecule has 0 atom stereocenters. The Labute approximate surface area is 126 Å². The van der Waals surface area contributed by atoms with Gasteiger partial charge in [-0.3, -0.25) is 0 Å². The SMILES string of the molecule is CCc1ccc(N(C)Cc2ccc(OC)c(C#N)c2)cc1. The summed E-state index contributed by atoms with van der Waals surface area (Å²) in [6, 6.07) is 16.5. The molecule has 0 spiro atoms. The number of rotatable bonds is 5. The number of anilines is 1. The van der Waals surface area contributed by atoms with E-state index in [1.807, 2.05) is 18.2 Å². The van der Waals surface area contributed by atoms with Crippen molar-refractivity contribution in [1.29, 1.82) is 5.26 Å².